The van der Waals surface area contributed by atoms with Gasteiger partial charge in [-0.2, -0.15) is 5.10 Å². The summed E-state index contributed by atoms with van der Waals surface area (Å²) in [6, 6.07) is 11.4. The number of methoxy groups -OCH3 is 1. The van der Waals surface area contributed by atoms with Crippen molar-refractivity contribution in [3.05, 3.63) is 45.1 Å². The summed E-state index contributed by atoms with van der Waals surface area (Å²) in [4.78, 5) is 1.04. The van der Waals surface area contributed by atoms with E-state index in [0.717, 1.165) is 20.1 Å². The molecule has 0 amide bonds. The van der Waals surface area contributed by atoms with Crippen LogP contribution in [0.25, 0.3) is 0 Å². The lowest BCUT2D eigenvalue weighted by molar-refractivity contribution is 0.415. The van der Waals surface area contributed by atoms with E-state index in [0.29, 0.717) is 5.11 Å². The minimum Gasteiger partial charge on any atom is -0.497 e. The summed E-state index contributed by atoms with van der Waals surface area (Å²) in [5, 5.41) is 7.53. The first-order chi connectivity index (χ1) is 9.67. The maximum Gasteiger partial charge on any atom is 0.191 e. The predicted octanol–water partition coefficient (Wildman–Crippen LogP) is 3.84. The summed E-state index contributed by atoms with van der Waals surface area (Å²) in [6.45, 7) is 0. The van der Waals surface area contributed by atoms with Gasteiger partial charge in [0.25, 0.3) is 0 Å². The number of benzene rings is 1. The molecule has 0 aliphatic heterocycles. The summed E-state index contributed by atoms with van der Waals surface area (Å²) in [5.41, 5.74) is 3.64. The highest BCUT2D eigenvalue weighted by molar-refractivity contribution is 9.11. The number of hydrogen-bond acceptors (Lipinski definition) is 4. The van der Waals surface area contributed by atoms with Crippen molar-refractivity contribution in [1.82, 2.24) is 5.43 Å². The Morgan fingerprint density at radius 3 is 2.65 bits per heavy atom. The topological polar surface area (TPSA) is 45.6 Å². The highest BCUT2D eigenvalue weighted by Gasteiger charge is 1.97. The molecule has 0 unspecified atom stereocenters. The first-order valence-corrected chi connectivity index (χ1v) is 7.68. The van der Waals surface area contributed by atoms with Gasteiger partial charge in [0.1, 0.15) is 5.75 Å². The normalized spacial score (nSPS) is 10.5. The van der Waals surface area contributed by atoms with Gasteiger partial charge in [0, 0.05) is 10.6 Å². The molecule has 2 aromatic rings. The van der Waals surface area contributed by atoms with Crippen molar-refractivity contribution in [1.29, 1.82) is 0 Å². The van der Waals surface area contributed by atoms with Crippen LogP contribution in [0.1, 0.15) is 4.88 Å². The van der Waals surface area contributed by atoms with Gasteiger partial charge in [0.2, 0.25) is 0 Å². The molecular formula is C13H12BrN3OS2. The average Bonchev–Trinajstić information content (AvgIpc) is 2.85. The molecule has 104 valence electrons. The number of ether oxygens (including phenoxy) is 1. The predicted molar refractivity (Wildman–Crippen MR) is 92.0 cm³/mol. The van der Waals surface area contributed by atoms with E-state index in [-0.39, 0.29) is 0 Å². The molecule has 0 atom stereocenters. The fourth-order valence-corrected chi connectivity index (χ4v) is 2.85. The molecule has 0 bridgehead atoms. The highest BCUT2D eigenvalue weighted by atomic mass is 79.9. The van der Waals surface area contributed by atoms with Crippen LogP contribution in [0.3, 0.4) is 0 Å². The molecule has 0 aliphatic rings. The largest absolute Gasteiger partial charge is 0.497 e. The van der Waals surface area contributed by atoms with Crippen LogP contribution >= 0.6 is 39.5 Å². The van der Waals surface area contributed by atoms with Gasteiger partial charge in [0.15, 0.2) is 5.11 Å². The van der Waals surface area contributed by atoms with Gasteiger partial charge in [0.05, 0.1) is 17.1 Å². The number of hydrogen-bond donors (Lipinski definition) is 2. The van der Waals surface area contributed by atoms with Crippen molar-refractivity contribution in [2.24, 2.45) is 5.10 Å². The van der Waals surface area contributed by atoms with Crippen LogP contribution in [0.4, 0.5) is 5.69 Å². The molecule has 4 nitrogen and oxygen atoms in total. The van der Waals surface area contributed by atoms with Crippen molar-refractivity contribution in [2.45, 2.75) is 0 Å². The molecule has 20 heavy (non-hydrogen) atoms. The van der Waals surface area contributed by atoms with Crippen molar-refractivity contribution >= 4 is 56.5 Å². The van der Waals surface area contributed by atoms with Gasteiger partial charge in [-0.05, 0) is 64.5 Å². The maximum atomic E-state index is 5.14. The second-order valence-electron chi connectivity index (χ2n) is 3.69. The van der Waals surface area contributed by atoms with Gasteiger partial charge in [-0.15, -0.1) is 11.3 Å². The third-order valence-corrected chi connectivity index (χ3v) is 4.05. The zero-order chi connectivity index (χ0) is 14.4. The molecule has 1 heterocycles. The molecule has 7 heteroatoms. The Bertz CT molecular complexity index is 610. The molecule has 2 N–H and O–H groups in total. The van der Waals surface area contributed by atoms with E-state index in [9.17, 15) is 0 Å². The Morgan fingerprint density at radius 2 is 2.05 bits per heavy atom. The first-order valence-electron chi connectivity index (χ1n) is 5.67. The number of halogens is 1. The molecule has 2 rings (SSSR count). The Kier molecular flexibility index (Phi) is 5.51. The second-order valence-corrected chi connectivity index (χ2v) is 6.60. The summed E-state index contributed by atoms with van der Waals surface area (Å²) in [5.74, 6) is 0.802. The Hall–Kier alpha value is -1.44. The fourth-order valence-electron chi connectivity index (χ4n) is 1.39. The quantitative estimate of drug-likeness (QED) is 0.488. The number of nitrogens with one attached hydrogen (secondary N) is 2. The van der Waals surface area contributed by atoms with E-state index in [1.165, 1.54) is 0 Å². The van der Waals surface area contributed by atoms with Gasteiger partial charge in [-0.25, -0.2) is 0 Å². The number of rotatable bonds is 4. The van der Waals surface area contributed by atoms with Crippen LogP contribution in [-0.2, 0) is 0 Å². The van der Waals surface area contributed by atoms with E-state index in [1.54, 1.807) is 24.7 Å². The van der Waals surface area contributed by atoms with Crippen LogP contribution in [0.15, 0.2) is 45.3 Å². The molecular weight excluding hydrogens is 358 g/mol. The number of hydrazone groups is 1. The summed E-state index contributed by atoms with van der Waals surface area (Å²) in [6.07, 6.45) is 1.72. The fraction of sp³-hybridized carbons (Fsp3) is 0.0769. The summed E-state index contributed by atoms with van der Waals surface area (Å²) in [7, 11) is 1.63. The van der Waals surface area contributed by atoms with E-state index >= 15 is 0 Å². The van der Waals surface area contributed by atoms with Gasteiger partial charge >= 0.3 is 0 Å². The monoisotopic (exact) mass is 369 g/mol. The highest BCUT2D eigenvalue weighted by Crippen LogP contribution is 2.20. The third kappa shape index (κ3) is 4.59. The zero-order valence-electron chi connectivity index (χ0n) is 10.6. The zero-order valence-corrected chi connectivity index (χ0v) is 13.8. The summed E-state index contributed by atoms with van der Waals surface area (Å²) >= 11 is 10.1. The molecule has 1 aromatic heterocycles. The lowest BCUT2D eigenvalue weighted by Crippen LogP contribution is -2.23. The van der Waals surface area contributed by atoms with E-state index in [1.807, 2.05) is 36.4 Å². The van der Waals surface area contributed by atoms with Crippen LogP contribution in [0, 0.1) is 0 Å². The molecule has 0 spiro atoms. The maximum absolute atomic E-state index is 5.14. The van der Waals surface area contributed by atoms with Crippen LogP contribution in [0.5, 0.6) is 5.75 Å². The third-order valence-electron chi connectivity index (χ3n) is 2.30. The SMILES string of the molecule is COc1ccc(NC(=S)N/N=C/c2ccc(Br)s2)cc1. The minimum absolute atomic E-state index is 0.432. The Morgan fingerprint density at radius 1 is 1.30 bits per heavy atom. The van der Waals surface area contributed by atoms with Crippen molar-refractivity contribution in [3.8, 4) is 5.75 Å². The van der Waals surface area contributed by atoms with Crippen LogP contribution < -0.4 is 15.5 Å². The molecule has 0 aliphatic carbocycles. The van der Waals surface area contributed by atoms with Crippen LogP contribution in [-0.4, -0.2) is 18.4 Å². The second kappa shape index (κ2) is 7.37. The smallest absolute Gasteiger partial charge is 0.191 e. The Labute approximate surface area is 135 Å². The summed E-state index contributed by atoms with van der Waals surface area (Å²) < 4.78 is 6.16. The van der Waals surface area contributed by atoms with Crippen molar-refractivity contribution in [3.63, 3.8) is 0 Å². The van der Waals surface area contributed by atoms with Gasteiger partial charge < -0.3 is 10.1 Å². The average molecular weight is 370 g/mol. The van der Waals surface area contributed by atoms with Crippen LogP contribution in [0.2, 0.25) is 0 Å². The van der Waals surface area contributed by atoms with E-state index in [4.69, 9.17) is 17.0 Å². The minimum atomic E-state index is 0.432. The van der Waals surface area contributed by atoms with Gasteiger partial charge in [-0.1, -0.05) is 0 Å². The molecule has 0 saturated heterocycles. The van der Waals surface area contributed by atoms with Crippen molar-refractivity contribution < 1.29 is 4.74 Å². The number of nitrogens with zero attached hydrogens (tertiary/aromatic N) is 1. The van der Waals surface area contributed by atoms with Gasteiger partial charge in [-0.3, -0.25) is 5.43 Å². The van der Waals surface area contributed by atoms with Crippen molar-refractivity contribution in [2.75, 3.05) is 12.4 Å². The lowest BCUT2D eigenvalue weighted by atomic mass is 10.3. The van der Waals surface area contributed by atoms with E-state index in [2.05, 4.69) is 31.8 Å². The standard InChI is InChI=1S/C13H12BrN3OS2/c1-18-10-4-2-9(3-5-10)16-13(19)17-15-8-11-6-7-12(14)20-11/h2-8H,1H3,(H2,16,17,19)/b15-8+. The lowest BCUT2D eigenvalue weighted by Gasteiger charge is -2.07. The first kappa shape index (κ1) is 15.0. The molecule has 0 saturated carbocycles. The Balaban J connectivity index is 1.84. The number of thiophene rings is 1. The number of thiocarbonyl (C=S) groups is 1. The number of anilines is 1. The molecule has 0 fully saturated rings. The molecule has 0 radical (unpaired) electrons. The van der Waals surface area contributed by atoms with E-state index < -0.39 is 0 Å². The molecule has 1 aromatic carbocycles.